The van der Waals surface area contributed by atoms with Crippen molar-refractivity contribution in [3.8, 4) is 0 Å². The topological polar surface area (TPSA) is 0 Å². The quantitative estimate of drug-likeness (QED) is 0.506. The average molecular weight is 125 g/mol. The molecule has 0 aliphatic carbocycles. The van der Waals surface area contributed by atoms with Gasteiger partial charge in [0.15, 0.2) is 0 Å². The van der Waals surface area contributed by atoms with Crippen molar-refractivity contribution in [1.29, 1.82) is 0 Å². The van der Waals surface area contributed by atoms with E-state index in [2.05, 4.69) is 32.9 Å². The lowest BCUT2D eigenvalue weighted by molar-refractivity contribution is 0.605. The number of hydrogen-bond acceptors (Lipinski definition) is 0. The van der Waals surface area contributed by atoms with E-state index in [1.807, 2.05) is 0 Å². The second kappa shape index (κ2) is 5.87. The zero-order valence-electron chi connectivity index (χ0n) is 6.56. The van der Waals surface area contributed by atoms with Crippen molar-refractivity contribution in [3.63, 3.8) is 0 Å². The fourth-order valence-electron chi connectivity index (χ4n) is 0.850. The predicted molar refractivity (Wildman–Crippen MR) is 43.2 cm³/mol. The van der Waals surface area contributed by atoms with E-state index >= 15 is 0 Å². The summed E-state index contributed by atoms with van der Waals surface area (Å²) in [6.45, 7) is 8.19. The summed E-state index contributed by atoms with van der Waals surface area (Å²) >= 11 is 0. The Morgan fingerprint density at radius 1 is 1.33 bits per heavy atom. The smallest absolute Gasteiger partial charge is 0.0239 e. The summed E-state index contributed by atoms with van der Waals surface area (Å²) in [5.41, 5.74) is 0. The summed E-state index contributed by atoms with van der Waals surface area (Å²) in [5, 5.41) is 0. The van der Waals surface area contributed by atoms with Gasteiger partial charge < -0.3 is 0 Å². The van der Waals surface area contributed by atoms with Gasteiger partial charge in [0.25, 0.3) is 0 Å². The lowest BCUT2D eigenvalue weighted by atomic mass is 10.0. The van der Waals surface area contributed by atoms with E-state index in [-0.39, 0.29) is 0 Å². The largest absolute Gasteiger partial charge is 0.0883 e. The van der Waals surface area contributed by atoms with Crippen molar-refractivity contribution in [2.45, 2.75) is 33.1 Å². The van der Waals surface area contributed by atoms with Crippen molar-refractivity contribution < 1.29 is 0 Å². The van der Waals surface area contributed by atoms with Crippen molar-refractivity contribution in [2.24, 2.45) is 5.92 Å². The maximum atomic E-state index is 3.74. The zero-order chi connectivity index (χ0) is 7.11. The summed E-state index contributed by atoms with van der Waals surface area (Å²) in [6.07, 6.45) is 7.86. The molecule has 0 aromatic rings. The van der Waals surface area contributed by atoms with Crippen molar-refractivity contribution >= 4 is 0 Å². The molecular formula is C9H17. The first-order valence-electron chi connectivity index (χ1n) is 3.81. The normalized spacial score (nSPS) is 11.6. The lowest BCUT2D eigenvalue weighted by Crippen LogP contribution is -1.89. The highest BCUT2D eigenvalue weighted by molar-refractivity contribution is 4.87. The van der Waals surface area contributed by atoms with E-state index in [9.17, 15) is 0 Å². The van der Waals surface area contributed by atoms with Crippen LogP contribution in [-0.4, -0.2) is 0 Å². The molecule has 0 rings (SSSR count). The van der Waals surface area contributed by atoms with Crippen molar-refractivity contribution in [1.82, 2.24) is 0 Å². The van der Waals surface area contributed by atoms with Crippen LogP contribution in [0.2, 0.25) is 0 Å². The van der Waals surface area contributed by atoms with E-state index in [0.717, 1.165) is 12.3 Å². The predicted octanol–water partition coefficient (Wildman–Crippen LogP) is 3.20. The van der Waals surface area contributed by atoms with Gasteiger partial charge in [-0.3, -0.25) is 0 Å². The molecule has 0 heterocycles. The van der Waals surface area contributed by atoms with Crippen LogP contribution in [0.25, 0.3) is 0 Å². The summed E-state index contributed by atoms with van der Waals surface area (Å²) in [5.74, 6) is 0.784. The minimum absolute atomic E-state index is 0.784. The highest BCUT2D eigenvalue weighted by atomic mass is 14.0. The number of hydrogen-bond donors (Lipinski definition) is 0. The van der Waals surface area contributed by atoms with E-state index < -0.39 is 0 Å². The molecule has 0 aromatic carbocycles. The lowest BCUT2D eigenvalue weighted by Gasteiger charge is -2.03. The summed E-state index contributed by atoms with van der Waals surface area (Å²) in [6, 6.07) is 0. The molecule has 0 saturated carbocycles. The van der Waals surface area contributed by atoms with Crippen LogP contribution in [0.5, 0.6) is 0 Å². The molecule has 0 aliphatic rings. The minimum Gasteiger partial charge on any atom is -0.0883 e. The van der Waals surface area contributed by atoms with Gasteiger partial charge in [-0.25, -0.2) is 0 Å². The average Bonchev–Trinajstić information content (AvgIpc) is 1.91. The maximum Gasteiger partial charge on any atom is -0.0239 e. The SMILES string of the molecule is [CH2]C/C=C/C(CC)CC. The molecule has 0 amide bonds. The summed E-state index contributed by atoms with van der Waals surface area (Å²) in [4.78, 5) is 0. The van der Waals surface area contributed by atoms with Crippen LogP contribution < -0.4 is 0 Å². The number of allylic oxidation sites excluding steroid dienone is 2. The minimum atomic E-state index is 0.784. The second-order valence-corrected chi connectivity index (χ2v) is 2.29. The molecular weight excluding hydrogens is 108 g/mol. The number of rotatable bonds is 4. The molecule has 0 atom stereocenters. The first-order chi connectivity index (χ1) is 4.35. The molecule has 0 aliphatic heterocycles. The molecule has 1 radical (unpaired) electrons. The van der Waals surface area contributed by atoms with E-state index in [1.54, 1.807) is 0 Å². The van der Waals surface area contributed by atoms with Gasteiger partial charge in [-0.05, 0) is 32.1 Å². The first-order valence-corrected chi connectivity index (χ1v) is 3.81. The Bertz CT molecular complexity index is 68.1. The van der Waals surface area contributed by atoms with Crippen LogP contribution in [0, 0.1) is 12.8 Å². The highest BCUT2D eigenvalue weighted by Gasteiger charge is 1.94. The van der Waals surface area contributed by atoms with Crippen LogP contribution >= 0.6 is 0 Å². The summed E-state index contributed by atoms with van der Waals surface area (Å²) in [7, 11) is 0. The van der Waals surface area contributed by atoms with Gasteiger partial charge in [0.05, 0.1) is 0 Å². The summed E-state index contributed by atoms with van der Waals surface area (Å²) < 4.78 is 0. The fourth-order valence-corrected chi connectivity index (χ4v) is 0.850. The first kappa shape index (κ1) is 8.74. The third-order valence-electron chi connectivity index (χ3n) is 1.62. The molecule has 9 heavy (non-hydrogen) atoms. The molecule has 0 bridgehead atoms. The second-order valence-electron chi connectivity index (χ2n) is 2.29. The Morgan fingerprint density at radius 3 is 2.22 bits per heavy atom. The van der Waals surface area contributed by atoms with Gasteiger partial charge in [0.2, 0.25) is 0 Å². The Kier molecular flexibility index (Phi) is 5.70. The van der Waals surface area contributed by atoms with Crippen molar-refractivity contribution in [3.05, 3.63) is 19.1 Å². The molecule has 0 N–H and O–H groups in total. The van der Waals surface area contributed by atoms with Crippen LogP contribution in [0.15, 0.2) is 12.2 Å². The van der Waals surface area contributed by atoms with Gasteiger partial charge in [0.1, 0.15) is 0 Å². The molecule has 0 saturated heterocycles. The Hall–Kier alpha value is -0.260. The van der Waals surface area contributed by atoms with Crippen molar-refractivity contribution in [2.75, 3.05) is 0 Å². The van der Waals surface area contributed by atoms with E-state index in [1.165, 1.54) is 12.8 Å². The Morgan fingerprint density at radius 2 is 1.89 bits per heavy atom. The Labute approximate surface area is 59.0 Å². The third kappa shape index (κ3) is 4.26. The van der Waals surface area contributed by atoms with Crippen LogP contribution in [-0.2, 0) is 0 Å². The monoisotopic (exact) mass is 125 g/mol. The Balaban J connectivity index is 3.41. The standard InChI is InChI=1S/C9H17/c1-4-7-8-9(5-2)6-3/h7-9H,1,4-6H2,2-3H3/b8-7+. The van der Waals surface area contributed by atoms with Gasteiger partial charge in [-0.2, -0.15) is 0 Å². The zero-order valence-corrected chi connectivity index (χ0v) is 6.56. The molecule has 0 aromatic heterocycles. The van der Waals surface area contributed by atoms with Crippen LogP contribution in [0.1, 0.15) is 33.1 Å². The van der Waals surface area contributed by atoms with E-state index in [0.29, 0.717) is 0 Å². The molecule has 0 heteroatoms. The third-order valence-corrected chi connectivity index (χ3v) is 1.62. The highest BCUT2D eigenvalue weighted by Crippen LogP contribution is 2.08. The van der Waals surface area contributed by atoms with Gasteiger partial charge >= 0.3 is 0 Å². The fraction of sp³-hybridized carbons (Fsp3) is 0.667. The van der Waals surface area contributed by atoms with Crippen LogP contribution in [0.4, 0.5) is 0 Å². The molecule has 0 unspecified atom stereocenters. The van der Waals surface area contributed by atoms with Gasteiger partial charge in [-0.1, -0.05) is 26.0 Å². The van der Waals surface area contributed by atoms with Crippen LogP contribution in [0.3, 0.4) is 0 Å². The van der Waals surface area contributed by atoms with Gasteiger partial charge in [0, 0.05) is 0 Å². The molecule has 0 fully saturated rings. The maximum absolute atomic E-state index is 3.74. The van der Waals surface area contributed by atoms with E-state index in [4.69, 9.17) is 0 Å². The molecule has 53 valence electrons. The molecule has 0 spiro atoms. The molecule has 0 nitrogen and oxygen atoms in total. The van der Waals surface area contributed by atoms with Gasteiger partial charge in [-0.15, -0.1) is 0 Å².